The van der Waals surface area contributed by atoms with Gasteiger partial charge in [0.25, 0.3) is 0 Å². The lowest BCUT2D eigenvalue weighted by Gasteiger charge is -2.23. The van der Waals surface area contributed by atoms with Gasteiger partial charge in [0.05, 0.1) is 31.3 Å². The van der Waals surface area contributed by atoms with E-state index in [2.05, 4.69) is 19.2 Å². The summed E-state index contributed by atoms with van der Waals surface area (Å²) < 4.78 is 0. The molecule has 0 rings (SSSR count). The lowest BCUT2D eigenvalue weighted by molar-refractivity contribution is -0.125. The topological polar surface area (TPSA) is 89.8 Å². The molecule has 3 atom stereocenters. The molecule has 0 aliphatic carbocycles. The van der Waals surface area contributed by atoms with Gasteiger partial charge in [-0.2, -0.15) is 0 Å². The third-order valence-corrected chi connectivity index (χ3v) is 14.2. The standard InChI is InChI=1S/C58H117NO4/c1-3-5-7-9-11-13-15-17-19-21-23-25-27-29-31-33-35-37-39-41-43-45-47-49-51-55(61)53-58(63)59-56(54-60)57(62)52-50-48-46-44-42-40-38-36-34-32-30-28-26-24-22-20-18-16-14-12-10-8-6-4-2/h55-57,60-62H,3-54H2,1-2H3,(H,59,63). The molecule has 0 bridgehead atoms. The molecule has 3 unspecified atom stereocenters. The number of unbranched alkanes of at least 4 members (excludes halogenated alkanes) is 46. The number of nitrogens with one attached hydrogen (secondary N) is 1. The number of aliphatic hydroxyl groups excluding tert-OH is 3. The van der Waals surface area contributed by atoms with Gasteiger partial charge in [0.1, 0.15) is 0 Å². The first-order valence-corrected chi connectivity index (χ1v) is 29.3. The number of carbonyl (C=O) groups is 1. The van der Waals surface area contributed by atoms with E-state index in [1.54, 1.807) is 0 Å². The number of carbonyl (C=O) groups excluding carboxylic acids is 1. The van der Waals surface area contributed by atoms with Crippen LogP contribution in [0.25, 0.3) is 0 Å². The molecule has 0 fully saturated rings. The van der Waals surface area contributed by atoms with Crippen molar-refractivity contribution in [2.24, 2.45) is 0 Å². The Morgan fingerprint density at radius 2 is 0.540 bits per heavy atom. The van der Waals surface area contributed by atoms with E-state index in [1.165, 1.54) is 283 Å². The Morgan fingerprint density at radius 1 is 0.333 bits per heavy atom. The summed E-state index contributed by atoms with van der Waals surface area (Å²) in [6.45, 7) is 4.31. The summed E-state index contributed by atoms with van der Waals surface area (Å²) in [4.78, 5) is 12.6. The molecule has 0 radical (unpaired) electrons. The molecule has 5 nitrogen and oxygen atoms in total. The fourth-order valence-corrected chi connectivity index (χ4v) is 9.70. The van der Waals surface area contributed by atoms with Crippen molar-refractivity contribution in [2.75, 3.05) is 6.61 Å². The third kappa shape index (κ3) is 50.6. The molecule has 0 heterocycles. The molecule has 0 saturated carbocycles. The van der Waals surface area contributed by atoms with Gasteiger partial charge in [-0.05, 0) is 12.8 Å². The highest BCUT2D eigenvalue weighted by Gasteiger charge is 2.21. The van der Waals surface area contributed by atoms with Crippen LogP contribution in [0, 0.1) is 0 Å². The van der Waals surface area contributed by atoms with Crippen molar-refractivity contribution in [1.82, 2.24) is 5.32 Å². The average molecular weight is 893 g/mol. The fraction of sp³-hybridized carbons (Fsp3) is 0.983. The molecule has 0 aromatic heterocycles. The monoisotopic (exact) mass is 892 g/mol. The van der Waals surface area contributed by atoms with Gasteiger partial charge in [0.2, 0.25) is 5.91 Å². The summed E-state index contributed by atoms with van der Waals surface area (Å²) in [5, 5.41) is 33.7. The fourth-order valence-electron chi connectivity index (χ4n) is 9.70. The molecule has 1 amide bonds. The highest BCUT2D eigenvalue weighted by atomic mass is 16.3. The zero-order chi connectivity index (χ0) is 45.8. The Balaban J connectivity index is 3.48. The van der Waals surface area contributed by atoms with Gasteiger partial charge in [0.15, 0.2) is 0 Å². The largest absolute Gasteiger partial charge is 0.394 e. The first kappa shape index (κ1) is 62.4. The van der Waals surface area contributed by atoms with Crippen LogP contribution in [0.5, 0.6) is 0 Å². The van der Waals surface area contributed by atoms with Crippen LogP contribution in [0.15, 0.2) is 0 Å². The number of hydrogen-bond donors (Lipinski definition) is 4. The summed E-state index contributed by atoms with van der Waals surface area (Å²) in [6, 6.07) is -0.654. The SMILES string of the molecule is CCCCCCCCCCCCCCCCCCCCCCCCCCC(O)CC(=O)NC(CO)C(O)CCCCCCCCCCCCCCCCCCCCCCCCCC. The second kappa shape index (κ2) is 54.0. The Bertz CT molecular complexity index is 853. The van der Waals surface area contributed by atoms with Gasteiger partial charge in [-0.15, -0.1) is 0 Å². The number of aliphatic hydroxyl groups is 3. The van der Waals surface area contributed by atoms with Crippen molar-refractivity contribution in [1.29, 1.82) is 0 Å². The van der Waals surface area contributed by atoms with E-state index in [1.807, 2.05) is 0 Å². The minimum Gasteiger partial charge on any atom is -0.394 e. The Morgan fingerprint density at radius 3 is 0.762 bits per heavy atom. The highest BCUT2D eigenvalue weighted by molar-refractivity contribution is 5.76. The second-order valence-electron chi connectivity index (χ2n) is 20.6. The van der Waals surface area contributed by atoms with Crippen molar-refractivity contribution >= 4 is 5.91 Å². The molecule has 4 N–H and O–H groups in total. The van der Waals surface area contributed by atoms with Crippen LogP contribution in [0.4, 0.5) is 0 Å². The predicted octanol–water partition coefficient (Wildman–Crippen LogP) is 18.1. The van der Waals surface area contributed by atoms with Crippen molar-refractivity contribution < 1.29 is 20.1 Å². The van der Waals surface area contributed by atoms with Gasteiger partial charge in [-0.25, -0.2) is 0 Å². The van der Waals surface area contributed by atoms with Gasteiger partial charge >= 0.3 is 0 Å². The molecule has 0 saturated heterocycles. The van der Waals surface area contributed by atoms with Gasteiger partial charge in [-0.1, -0.05) is 322 Å². The van der Waals surface area contributed by atoms with Gasteiger partial charge in [-0.3, -0.25) is 4.79 Å². The number of amides is 1. The smallest absolute Gasteiger partial charge is 0.222 e. The van der Waals surface area contributed by atoms with Crippen molar-refractivity contribution in [3.05, 3.63) is 0 Å². The first-order valence-electron chi connectivity index (χ1n) is 29.3. The van der Waals surface area contributed by atoms with Crippen molar-refractivity contribution in [3.8, 4) is 0 Å². The van der Waals surface area contributed by atoms with E-state index in [4.69, 9.17) is 0 Å². The van der Waals surface area contributed by atoms with E-state index >= 15 is 0 Å². The minimum absolute atomic E-state index is 0.0437. The molecule has 0 spiro atoms. The zero-order valence-electron chi connectivity index (χ0n) is 43.3. The zero-order valence-corrected chi connectivity index (χ0v) is 43.3. The van der Waals surface area contributed by atoms with E-state index < -0.39 is 18.2 Å². The van der Waals surface area contributed by atoms with Crippen LogP contribution in [-0.2, 0) is 4.79 Å². The van der Waals surface area contributed by atoms with Crippen molar-refractivity contribution in [3.63, 3.8) is 0 Å². The van der Waals surface area contributed by atoms with Gasteiger partial charge in [0, 0.05) is 0 Å². The maximum Gasteiger partial charge on any atom is 0.222 e. The summed E-state index contributed by atoms with van der Waals surface area (Å²) in [5.41, 5.74) is 0. The molecule has 0 aliphatic heterocycles. The van der Waals surface area contributed by atoms with Crippen LogP contribution in [0.2, 0.25) is 0 Å². The molecule has 378 valence electrons. The maximum atomic E-state index is 12.6. The van der Waals surface area contributed by atoms with Crippen LogP contribution in [0.1, 0.15) is 341 Å². The second-order valence-corrected chi connectivity index (χ2v) is 20.6. The molecular formula is C58H117NO4. The first-order chi connectivity index (χ1) is 31.0. The van der Waals surface area contributed by atoms with E-state index in [0.29, 0.717) is 12.8 Å². The van der Waals surface area contributed by atoms with E-state index in [9.17, 15) is 20.1 Å². The summed E-state index contributed by atoms with van der Waals surface area (Å²) >= 11 is 0. The van der Waals surface area contributed by atoms with Crippen LogP contribution in [-0.4, -0.2) is 46.1 Å². The van der Waals surface area contributed by atoms with E-state index in [-0.39, 0.29) is 18.9 Å². The minimum atomic E-state index is -0.746. The molecular weight excluding hydrogens is 775 g/mol. The number of hydrogen-bond acceptors (Lipinski definition) is 4. The van der Waals surface area contributed by atoms with Gasteiger partial charge < -0.3 is 20.6 Å². The van der Waals surface area contributed by atoms with Crippen LogP contribution in [0.3, 0.4) is 0 Å². The lowest BCUT2D eigenvalue weighted by Crippen LogP contribution is -2.46. The van der Waals surface area contributed by atoms with Crippen LogP contribution < -0.4 is 5.32 Å². The summed E-state index contributed by atoms with van der Waals surface area (Å²) in [6.07, 6.45) is 65.5. The quantitative estimate of drug-likeness (QED) is 0.0458. The highest BCUT2D eigenvalue weighted by Crippen LogP contribution is 2.19. The Labute approximate surface area is 396 Å². The molecule has 0 aromatic carbocycles. The Kier molecular flexibility index (Phi) is 53.4. The molecule has 0 aliphatic rings. The molecule has 0 aromatic rings. The predicted molar refractivity (Wildman–Crippen MR) is 278 cm³/mol. The normalized spacial score (nSPS) is 13.2. The Hall–Kier alpha value is -0.650. The summed E-state index contributed by atoms with van der Waals surface area (Å²) in [7, 11) is 0. The maximum absolute atomic E-state index is 12.6. The molecule has 63 heavy (non-hydrogen) atoms. The number of rotatable bonds is 55. The van der Waals surface area contributed by atoms with Crippen LogP contribution >= 0.6 is 0 Å². The average Bonchev–Trinajstić information content (AvgIpc) is 3.28. The lowest BCUT2D eigenvalue weighted by atomic mass is 10.0. The summed E-state index contributed by atoms with van der Waals surface area (Å²) in [5.74, 6) is -0.274. The third-order valence-electron chi connectivity index (χ3n) is 14.2. The van der Waals surface area contributed by atoms with Crippen molar-refractivity contribution in [2.45, 2.75) is 360 Å². The molecule has 5 heteroatoms. The van der Waals surface area contributed by atoms with E-state index in [0.717, 1.165) is 25.7 Å².